The highest BCUT2D eigenvalue weighted by atomic mass is 16.5. The highest BCUT2D eigenvalue weighted by Gasteiger charge is 1.95. The van der Waals surface area contributed by atoms with E-state index in [0.29, 0.717) is 31.1 Å². The van der Waals surface area contributed by atoms with Crippen LogP contribution >= 0.6 is 0 Å². The third-order valence-corrected chi connectivity index (χ3v) is 1.85. The first-order valence-electron chi connectivity index (χ1n) is 5.01. The summed E-state index contributed by atoms with van der Waals surface area (Å²) in [7, 11) is 0. The molecule has 0 saturated heterocycles. The van der Waals surface area contributed by atoms with Gasteiger partial charge >= 0.3 is 0 Å². The second kappa shape index (κ2) is 7.34. The summed E-state index contributed by atoms with van der Waals surface area (Å²) in [6.45, 7) is 1.48. The average molecular weight is 215 g/mol. The van der Waals surface area contributed by atoms with E-state index in [4.69, 9.17) is 21.2 Å². The van der Waals surface area contributed by atoms with Gasteiger partial charge in [-0.05, 0) is 18.2 Å². The van der Waals surface area contributed by atoms with Crippen LogP contribution in [0.1, 0.15) is 12.0 Å². The molecule has 0 atom stereocenters. The van der Waals surface area contributed by atoms with Gasteiger partial charge in [0.2, 0.25) is 0 Å². The Labute approximate surface area is 95.6 Å². The Morgan fingerprint density at radius 2 is 2.19 bits per heavy atom. The fourth-order valence-electron chi connectivity index (χ4n) is 1.14. The van der Waals surface area contributed by atoms with E-state index in [9.17, 15) is 0 Å². The second-order valence-corrected chi connectivity index (χ2v) is 3.10. The Hall–Kier alpha value is -1.97. The van der Waals surface area contributed by atoms with Crippen molar-refractivity contribution in [1.82, 2.24) is 0 Å². The van der Waals surface area contributed by atoms with Crippen molar-refractivity contribution in [1.29, 1.82) is 5.26 Å². The zero-order valence-electron chi connectivity index (χ0n) is 8.98. The normalized spacial score (nSPS) is 9.12. The number of benzene rings is 1. The Bertz CT molecular complexity index is 401. The maximum atomic E-state index is 8.69. The van der Waals surface area contributed by atoms with E-state index in [0.717, 1.165) is 6.42 Å². The molecule has 0 aromatic heterocycles. The summed E-state index contributed by atoms with van der Waals surface area (Å²) in [6, 6.07) is 9.13. The van der Waals surface area contributed by atoms with Gasteiger partial charge < -0.3 is 9.47 Å². The minimum Gasteiger partial charge on any atom is -0.493 e. The predicted octanol–water partition coefficient (Wildman–Crippen LogP) is 1.98. The van der Waals surface area contributed by atoms with Gasteiger partial charge in [-0.25, -0.2) is 0 Å². The van der Waals surface area contributed by atoms with Crippen molar-refractivity contribution in [3.8, 4) is 24.2 Å². The van der Waals surface area contributed by atoms with Crippen molar-refractivity contribution in [2.24, 2.45) is 0 Å². The van der Waals surface area contributed by atoms with Crippen LogP contribution in [0.15, 0.2) is 24.3 Å². The number of hydrogen-bond acceptors (Lipinski definition) is 3. The van der Waals surface area contributed by atoms with E-state index in [1.165, 1.54) is 0 Å². The van der Waals surface area contributed by atoms with Gasteiger partial charge in [0.05, 0.1) is 24.8 Å². The molecule has 0 saturated carbocycles. The van der Waals surface area contributed by atoms with Crippen LogP contribution in [0.5, 0.6) is 5.75 Å². The van der Waals surface area contributed by atoms with Crippen molar-refractivity contribution < 1.29 is 9.47 Å². The summed E-state index contributed by atoms with van der Waals surface area (Å²) in [5.74, 6) is 3.10. The standard InChI is InChI=1S/C13H13NO2/c1-2-7-15-8-4-9-16-13-6-3-5-12(10-13)11-14/h1,3,5-6,10H,4,7-9H2. The van der Waals surface area contributed by atoms with Gasteiger partial charge in [0, 0.05) is 6.42 Å². The molecule has 0 aliphatic heterocycles. The maximum absolute atomic E-state index is 8.69. The fraction of sp³-hybridized carbons (Fsp3) is 0.308. The van der Waals surface area contributed by atoms with Crippen LogP contribution in [0.3, 0.4) is 0 Å². The summed E-state index contributed by atoms with van der Waals surface area (Å²) in [5.41, 5.74) is 0.598. The predicted molar refractivity (Wildman–Crippen MR) is 60.9 cm³/mol. The molecule has 82 valence electrons. The SMILES string of the molecule is C#CCOCCCOc1cccc(C#N)c1. The van der Waals surface area contributed by atoms with E-state index in [1.807, 2.05) is 6.07 Å². The van der Waals surface area contributed by atoms with Crippen molar-refractivity contribution in [3.63, 3.8) is 0 Å². The van der Waals surface area contributed by atoms with Crippen LogP contribution in [0.2, 0.25) is 0 Å². The summed E-state index contributed by atoms with van der Waals surface area (Å²) >= 11 is 0. The molecule has 1 rings (SSSR count). The van der Waals surface area contributed by atoms with Crippen LogP contribution in [0.25, 0.3) is 0 Å². The Morgan fingerprint density at radius 3 is 2.94 bits per heavy atom. The van der Waals surface area contributed by atoms with Crippen molar-refractivity contribution in [2.75, 3.05) is 19.8 Å². The highest BCUT2D eigenvalue weighted by molar-refractivity contribution is 5.36. The largest absolute Gasteiger partial charge is 0.493 e. The smallest absolute Gasteiger partial charge is 0.120 e. The minimum absolute atomic E-state index is 0.337. The molecule has 16 heavy (non-hydrogen) atoms. The van der Waals surface area contributed by atoms with E-state index < -0.39 is 0 Å². The van der Waals surface area contributed by atoms with Gasteiger partial charge in [0.25, 0.3) is 0 Å². The first-order valence-corrected chi connectivity index (χ1v) is 5.01. The van der Waals surface area contributed by atoms with Gasteiger partial charge in [-0.3, -0.25) is 0 Å². The van der Waals surface area contributed by atoms with Gasteiger partial charge in [-0.1, -0.05) is 12.0 Å². The number of terminal acetylenes is 1. The maximum Gasteiger partial charge on any atom is 0.120 e. The Kier molecular flexibility index (Phi) is 5.55. The van der Waals surface area contributed by atoms with Gasteiger partial charge in [-0.15, -0.1) is 6.42 Å². The molecule has 0 N–H and O–H groups in total. The monoisotopic (exact) mass is 215 g/mol. The molecular weight excluding hydrogens is 202 g/mol. The number of nitrogens with zero attached hydrogens (tertiary/aromatic N) is 1. The minimum atomic E-state index is 0.337. The third-order valence-electron chi connectivity index (χ3n) is 1.85. The number of rotatable bonds is 6. The lowest BCUT2D eigenvalue weighted by molar-refractivity contribution is 0.147. The zero-order chi connectivity index (χ0) is 11.6. The zero-order valence-corrected chi connectivity index (χ0v) is 8.98. The molecule has 3 nitrogen and oxygen atoms in total. The topological polar surface area (TPSA) is 42.2 Å². The summed E-state index contributed by atoms with van der Waals surface area (Å²) in [6.07, 6.45) is 5.81. The number of hydrogen-bond donors (Lipinski definition) is 0. The number of nitriles is 1. The summed E-state index contributed by atoms with van der Waals surface area (Å²) in [4.78, 5) is 0. The van der Waals surface area contributed by atoms with Gasteiger partial charge in [0.15, 0.2) is 0 Å². The first kappa shape index (κ1) is 12.1. The van der Waals surface area contributed by atoms with E-state index in [1.54, 1.807) is 18.2 Å². The molecular formula is C13H13NO2. The van der Waals surface area contributed by atoms with Crippen LogP contribution in [-0.4, -0.2) is 19.8 Å². The molecule has 1 aromatic carbocycles. The summed E-state index contributed by atoms with van der Waals surface area (Å²) in [5, 5.41) is 8.69. The lowest BCUT2D eigenvalue weighted by Gasteiger charge is -2.05. The molecule has 0 aliphatic rings. The van der Waals surface area contributed by atoms with Gasteiger partial charge in [-0.2, -0.15) is 5.26 Å². The van der Waals surface area contributed by atoms with Crippen LogP contribution in [0.4, 0.5) is 0 Å². The third kappa shape index (κ3) is 4.50. The molecule has 0 heterocycles. The van der Waals surface area contributed by atoms with Crippen molar-refractivity contribution in [2.45, 2.75) is 6.42 Å². The van der Waals surface area contributed by atoms with Crippen molar-refractivity contribution >= 4 is 0 Å². The molecule has 0 aliphatic carbocycles. The van der Waals surface area contributed by atoms with Crippen molar-refractivity contribution in [3.05, 3.63) is 29.8 Å². The molecule has 0 radical (unpaired) electrons. The van der Waals surface area contributed by atoms with E-state index in [2.05, 4.69) is 12.0 Å². The first-order chi connectivity index (χ1) is 7.86. The fourth-order valence-corrected chi connectivity index (χ4v) is 1.14. The van der Waals surface area contributed by atoms with Crippen LogP contribution < -0.4 is 4.74 Å². The quantitative estimate of drug-likeness (QED) is 0.538. The number of ether oxygens (including phenoxy) is 2. The molecule has 0 amide bonds. The molecule has 0 unspecified atom stereocenters. The lowest BCUT2D eigenvalue weighted by atomic mass is 10.2. The Morgan fingerprint density at radius 1 is 1.31 bits per heavy atom. The Balaban J connectivity index is 2.22. The molecule has 1 aromatic rings. The van der Waals surface area contributed by atoms with E-state index in [-0.39, 0.29) is 0 Å². The second-order valence-electron chi connectivity index (χ2n) is 3.10. The highest BCUT2D eigenvalue weighted by Crippen LogP contribution is 2.12. The molecule has 3 heteroatoms. The van der Waals surface area contributed by atoms with E-state index >= 15 is 0 Å². The lowest BCUT2D eigenvalue weighted by Crippen LogP contribution is -2.03. The summed E-state index contributed by atoms with van der Waals surface area (Å²) < 4.78 is 10.5. The van der Waals surface area contributed by atoms with Crippen LogP contribution in [0, 0.1) is 23.7 Å². The van der Waals surface area contributed by atoms with Crippen LogP contribution in [-0.2, 0) is 4.74 Å². The molecule has 0 fully saturated rings. The van der Waals surface area contributed by atoms with Gasteiger partial charge in [0.1, 0.15) is 12.4 Å². The average Bonchev–Trinajstić information content (AvgIpc) is 2.34. The molecule has 0 spiro atoms. The molecule has 0 bridgehead atoms.